The van der Waals surface area contributed by atoms with Gasteiger partial charge in [0.1, 0.15) is 0 Å². The van der Waals surface area contributed by atoms with Crippen molar-refractivity contribution in [1.82, 2.24) is 0 Å². The van der Waals surface area contributed by atoms with Crippen LogP contribution in [0.15, 0.2) is 12.2 Å². The lowest BCUT2D eigenvalue weighted by Gasteiger charge is -2.28. The molecule has 0 amide bonds. The minimum atomic E-state index is -6.47. The third-order valence-electron chi connectivity index (χ3n) is 2.35. The number of hydrogen-bond donors (Lipinski definition) is 1. The van der Waals surface area contributed by atoms with Gasteiger partial charge in [0.2, 0.25) is 0 Å². The van der Waals surface area contributed by atoms with E-state index in [1.807, 2.05) is 0 Å². The number of carboxylic acid groups (broad SMARTS) is 1. The normalized spacial score (nSPS) is 13.2. The Labute approximate surface area is 118 Å². The zero-order valence-electron chi connectivity index (χ0n) is 10.7. The van der Waals surface area contributed by atoms with Crippen LogP contribution in [0, 0.1) is 0 Å². The summed E-state index contributed by atoms with van der Waals surface area (Å²) in [6, 6.07) is 0. The van der Waals surface area contributed by atoms with Crippen molar-refractivity contribution in [3.05, 3.63) is 12.2 Å². The van der Waals surface area contributed by atoms with Crippen molar-refractivity contribution >= 4 is 16.1 Å². The second-order valence-corrected chi connectivity index (χ2v) is 5.51. The van der Waals surface area contributed by atoms with Gasteiger partial charge in [0.25, 0.3) is 0 Å². The molecule has 0 unspecified atom stereocenters. The van der Waals surface area contributed by atoms with Crippen LogP contribution in [-0.4, -0.2) is 48.4 Å². The van der Waals surface area contributed by atoms with Gasteiger partial charge >= 0.3 is 17.1 Å². The van der Waals surface area contributed by atoms with Crippen LogP contribution in [0.1, 0.15) is 19.3 Å². The zero-order valence-corrected chi connectivity index (χ0v) is 11.5. The molecule has 6 nitrogen and oxygen atoms in total. The van der Waals surface area contributed by atoms with Crippen molar-refractivity contribution in [1.29, 1.82) is 0 Å². The van der Waals surface area contributed by atoms with Crippen LogP contribution in [0.5, 0.6) is 0 Å². The van der Waals surface area contributed by atoms with Crippen molar-refractivity contribution < 1.29 is 45.2 Å². The number of rotatable bonds is 10. The number of carbonyl (C=O) groups is 1. The highest BCUT2D eigenvalue weighted by molar-refractivity contribution is 7.86. The van der Waals surface area contributed by atoms with E-state index in [1.54, 1.807) is 0 Å². The van der Waals surface area contributed by atoms with Gasteiger partial charge in [0.05, 0.1) is 12.2 Å². The minimum Gasteiger partial charge on any atom is -0.743 e. The van der Waals surface area contributed by atoms with Gasteiger partial charge in [-0.15, -0.1) is 0 Å². The maximum atomic E-state index is 13.0. The SMILES string of the molecule is C=C(COCCCCC(F)(F)C(F)(F)S(=O)(=O)[O-])C(=O)O. The molecule has 0 spiro atoms. The average Bonchev–Trinajstić information content (AvgIpc) is 2.31. The van der Waals surface area contributed by atoms with Crippen LogP contribution < -0.4 is 0 Å². The van der Waals surface area contributed by atoms with E-state index in [0.717, 1.165) is 0 Å². The van der Waals surface area contributed by atoms with Crippen LogP contribution >= 0.6 is 0 Å². The highest BCUT2D eigenvalue weighted by atomic mass is 32.2. The molecule has 0 atom stereocenters. The molecule has 1 N–H and O–H groups in total. The van der Waals surface area contributed by atoms with E-state index in [-0.39, 0.29) is 25.2 Å². The second kappa shape index (κ2) is 7.18. The van der Waals surface area contributed by atoms with Gasteiger partial charge in [0, 0.05) is 13.0 Å². The number of unbranched alkanes of at least 4 members (excludes halogenated alkanes) is 1. The van der Waals surface area contributed by atoms with Crippen LogP contribution in [-0.2, 0) is 19.6 Å². The lowest BCUT2D eigenvalue weighted by molar-refractivity contribution is -0.165. The lowest BCUT2D eigenvalue weighted by Crippen LogP contribution is -2.46. The molecule has 0 aromatic heterocycles. The summed E-state index contributed by atoms with van der Waals surface area (Å²) in [6.45, 7) is 2.55. The van der Waals surface area contributed by atoms with Crippen molar-refractivity contribution in [3.63, 3.8) is 0 Å². The Morgan fingerprint density at radius 1 is 1.24 bits per heavy atom. The molecule has 0 rings (SSSR count). The minimum absolute atomic E-state index is 0.155. The first-order valence-electron chi connectivity index (χ1n) is 5.53. The number of halogens is 4. The number of hydrogen-bond acceptors (Lipinski definition) is 5. The molecule has 0 aliphatic rings. The fourth-order valence-corrected chi connectivity index (χ4v) is 1.60. The molecule has 0 aromatic carbocycles. The topological polar surface area (TPSA) is 104 Å². The summed E-state index contributed by atoms with van der Waals surface area (Å²) in [5.41, 5.74) is -0.274. The van der Waals surface area contributed by atoms with E-state index < -0.39 is 40.1 Å². The monoisotopic (exact) mass is 337 g/mol. The van der Waals surface area contributed by atoms with E-state index in [0.29, 0.717) is 0 Å². The van der Waals surface area contributed by atoms with Gasteiger partial charge in [-0.25, -0.2) is 13.2 Å². The standard InChI is InChI=1S/C10H14F4O6S/c1-7(8(15)16)6-20-5-3-2-4-9(11,12)10(13,14)21(17,18)19/h1-6H2,(H,15,16)(H,17,18,19)/p-1. The van der Waals surface area contributed by atoms with Crippen molar-refractivity contribution in [2.24, 2.45) is 0 Å². The van der Waals surface area contributed by atoms with Gasteiger partial charge in [-0.3, -0.25) is 0 Å². The molecule has 124 valence electrons. The fraction of sp³-hybridized carbons (Fsp3) is 0.700. The van der Waals surface area contributed by atoms with Crippen LogP contribution in [0.2, 0.25) is 0 Å². The third kappa shape index (κ3) is 5.59. The summed E-state index contributed by atoms with van der Waals surface area (Å²) in [5.74, 6) is -6.29. The second-order valence-electron chi connectivity index (χ2n) is 4.09. The molecule has 0 fully saturated rings. The molecule has 0 radical (unpaired) electrons. The molecular weight excluding hydrogens is 324 g/mol. The molecule has 0 aliphatic heterocycles. The smallest absolute Gasteiger partial charge is 0.396 e. The van der Waals surface area contributed by atoms with Gasteiger partial charge in [-0.05, 0) is 12.8 Å². The summed E-state index contributed by atoms with van der Waals surface area (Å²) in [4.78, 5) is 10.3. The third-order valence-corrected chi connectivity index (χ3v) is 3.27. The quantitative estimate of drug-likeness (QED) is 0.281. The molecule has 0 bridgehead atoms. The molecule has 0 heterocycles. The molecule has 0 saturated heterocycles. The number of aliphatic carboxylic acids is 1. The maximum Gasteiger partial charge on any atom is 0.396 e. The summed E-state index contributed by atoms with van der Waals surface area (Å²) in [6.07, 6.45) is -2.22. The molecule has 0 saturated carbocycles. The van der Waals surface area contributed by atoms with Gasteiger partial charge in [0.15, 0.2) is 10.1 Å². The maximum absolute atomic E-state index is 13.0. The predicted octanol–water partition coefficient (Wildman–Crippen LogP) is 1.59. The van der Waals surface area contributed by atoms with E-state index in [1.165, 1.54) is 0 Å². The number of alkyl halides is 4. The van der Waals surface area contributed by atoms with Crippen molar-refractivity contribution in [3.8, 4) is 0 Å². The highest BCUT2D eigenvalue weighted by Gasteiger charge is 2.60. The largest absolute Gasteiger partial charge is 0.743 e. The number of ether oxygens (including phenoxy) is 1. The van der Waals surface area contributed by atoms with Gasteiger partial charge in [-0.2, -0.15) is 17.6 Å². The first kappa shape index (κ1) is 19.8. The average molecular weight is 337 g/mol. The van der Waals surface area contributed by atoms with Crippen LogP contribution in [0.3, 0.4) is 0 Å². The molecular formula is C10H13F4O6S-. The summed E-state index contributed by atoms with van der Waals surface area (Å²) < 4.78 is 86.4. The van der Waals surface area contributed by atoms with Gasteiger partial charge < -0.3 is 14.4 Å². The fourth-order valence-electron chi connectivity index (χ4n) is 1.14. The highest BCUT2D eigenvalue weighted by Crippen LogP contribution is 2.41. The Bertz CT molecular complexity index is 488. The van der Waals surface area contributed by atoms with E-state index in [9.17, 15) is 35.3 Å². The van der Waals surface area contributed by atoms with Crippen molar-refractivity contribution in [2.75, 3.05) is 13.2 Å². The van der Waals surface area contributed by atoms with E-state index in [4.69, 9.17) is 9.84 Å². The summed E-state index contributed by atoms with van der Waals surface area (Å²) in [5, 5.41) is 2.73. The number of carboxylic acids is 1. The predicted molar refractivity (Wildman–Crippen MR) is 61.0 cm³/mol. The van der Waals surface area contributed by atoms with Crippen molar-refractivity contribution in [2.45, 2.75) is 30.4 Å². The molecule has 21 heavy (non-hydrogen) atoms. The van der Waals surface area contributed by atoms with E-state index >= 15 is 0 Å². The molecule has 0 aromatic rings. The van der Waals surface area contributed by atoms with Crippen LogP contribution in [0.25, 0.3) is 0 Å². The lowest BCUT2D eigenvalue weighted by atomic mass is 10.1. The van der Waals surface area contributed by atoms with E-state index in [2.05, 4.69) is 6.58 Å². The Hall–Kier alpha value is -1.20. The first-order valence-corrected chi connectivity index (χ1v) is 6.93. The zero-order chi connectivity index (χ0) is 16.9. The summed E-state index contributed by atoms with van der Waals surface area (Å²) >= 11 is 0. The first-order chi connectivity index (χ1) is 9.33. The molecule has 11 heteroatoms. The van der Waals surface area contributed by atoms with Crippen LogP contribution in [0.4, 0.5) is 17.6 Å². The Kier molecular flexibility index (Phi) is 6.77. The summed E-state index contributed by atoms with van der Waals surface area (Å²) in [7, 11) is -6.47. The Morgan fingerprint density at radius 3 is 2.19 bits per heavy atom. The Morgan fingerprint density at radius 2 is 1.76 bits per heavy atom. The van der Waals surface area contributed by atoms with Gasteiger partial charge in [-0.1, -0.05) is 6.58 Å². The Balaban J connectivity index is 4.18. The molecule has 0 aliphatic carbocycles.